The molecule has 3 heterocycles. The first-order chi connectivity index (χ1) is 11.6. The molecule has 1 amide bonds. The topological polar surface area (TPSA) is 65.7 Å². The van der Waals surface area contributed by atoms with Crippen LogP contribution in [0.25, 0.3) is 0 Å². The number of amides is 1. The summed E-state index contributed by atoms with van der Waals surface area (Å²) < 4.78 is 5.17. The number of piperidine rings is 1. The van der Waals surface area contributed by atoms with Crippen LogP contribution in [0.15, 0.2) is 4.52 Å². The van der Waals surface area contributed by atoms with E-state index in [1.165, 1.54) is 0 Å². The standard InChI is InChI=1S/C17H29N5O2/c1-4-16-18-15(19-24-16)12-20-8-10-21(11-9-20)14-6-5-7-22(13(2)3)17(14)23/h13-14H,4-12H2,1-3H3. The molecule has 1 atom stereocenters. The zero-order valence-corrected chi connectivity index (χ0v) is 15.1. The highest BCUT2D eigenvalue weighted by Gasteiger charge is 2.35. The Labute approximate surface area is 144 Å². The third-order valence-corrected chi connectivity index (χ3v) is 5.09. The number of hydrogen-bond donors (Lipinski definition) is 0. The number of carbonyl (C=O) groups is 1. The number of aryl methyl sites for hydroxylation is 1. The van der Waals surface area contributed by atoms with Gasteiger partial charge in [-0.15, -0.1) is 0 Å². The molecule has 3 rings (SSSR count). The first kappa shape index (κ1) is 17.4. The van der Waals surface area contributed by atoms with Crippen LogP contribution in [0.1, 0.15) is 45.3 Å². The van der Waals surface area contributed by atoms with Crippen molar-refractivity contribution in [3.05, 3.63) is 11.7 Å². The van der Waals surface area contributed by atoms with E-state index in [0.29, 0.717) is 17.8 Å². The second-order valence-corrected chi connectivity index (χ2v) is 7.05. The van der Waals surface area contributed by atoms with Gasteiger partial charge in [0.1, 0.15) is 0 Å². The van der Waals surface area contributed by atoms with Gasteiger partial charge in [-0.25, -0.2) is 0 Å². The van der Waals surface area contributed by atoms with Gasteiger partial charge < -0.3 is 9.42 Å². The van der Waals surface area contributed by atoms with E-state index in [-0.39, 0.29) is 6.04 Å². The number of nitrogens with zero attached hydrogens (tertiary/aromatic N) is 5. The summed E-state index contributed by atoms with van der Waals surface area (Å²) in [6, 6.07) is 0.368. The van der Waals surface area contributed by atoms with Gasteiger partial charge in [0.05, 0.1) is 12.6 Å². The highest BCUT2D eigenvalue weighted by molar-refractivity contribution is 5.82. The van der Waals surface area contributed by atoms with Crippen molar-refractivity contribution in [1.29, 1.82) is 0 Å². The third-order valence-electron chi connectivity index (χ3n) is 5.09. The summed E-state index contributed by atoms with van der Waals surface area (Å²) >= 11 is 0. The first-order valence-corrected chi connectivity index (χ1v) is 9.16. The molecule has 24 heavy (non-hydrogen) atoms. The Morgan fingerprint density at radius 3 is 2.58 bits per heavy atom. The fourth-order valence-electron chi connectivity index (χ4n) is 3.66. The number of rotatable bonds is 5. The lowest BCUT2D eigenvalue weighted by molar-refractivity contribution is -0.143. The van der Waals surface area contributed by atoms with Crippen LogP contribution in [0.4, 0.5) is 0 Å². The Hall–Kier alpha value is -1.47. The van der Waals surface area contributed by atoms with Crippen molar-refractivity contribution >= 4 is 5.91 Å². The zero-order valence-electron chi connectivity index (χ0n) is 15.1. The maximum atomic E-state index is 12.7. The van der Waals surface area contributed by atoms with E-state index >= 15 is 0 Å². The highest BCUT2D eigenvalue weighted by Crippen LogP contribution is 2.21. The number of likely N-dealkylation sites (tertiary alicyclic amines) is 1. The predicted molar refractivity (Wildman–Crippen MR) is 90.4 cm³/mol. The summed E-state index contributed by atoms with van der Waals surface area (Å²) in [7, 11) is 0. The molecule has 7 nitrogen and oxygen atoms in total. The molecule has 0 spiro atoms. The predicted octanol–water partition coefficient (Wildman–Crippen LogP) is 1.15. The van der Waals surface area contributed by atoms with Crippen LogP contribution >= 0.6 is 0 Å². The summed E-state index contributed by atoms with van der Waals surface area (Å²) in [6.07, 6.45) is 2.88. The highest BCUT2D eigenvalue weighted by atomic mass is 16.5. The average Bonchev–Trinajstić information content (AvgIpc) is 3.03. The van der Waals surface area contributed by atoms with Gasteiger partial charge in [-0.05, 0) is 26.7 Å². The molecule has 0 aromatic carbocycles. The molecule has 0 radical (unpaired) electrons. The molecule has 0 bridgehead atoms. The molecular weight excluding hydrogens is 306 g/mol. The summed E-state index contributed by atoms with van der Waals surface area (Å²) in [5, 5.41) is 4.03. The van der Waals surface area contributed by atoms with Crippen LogP contribution in [0.5, 0.6) is 0 Å². The molecule has 1 aromatic rings. The molecule has 0 aliphatic carbocycles. The zero-order chi connectivity index (χ0) is 17.1. The molecule has 1 unspecified atom stereocenters. The number of carbonyl (C=O) groups excluding carboxylic acids is 1. The van der Waals surface area contributed by atoms with E-state index in [0.717, 1.165) is 64.4 Å². The normalized spacial score (nSPS) is 24.1. The van der Waals surface area contributed by atoms with Gasteiger partial charge in [-0.2, -0.15) is 4.98 Å². The fraction of sp³-hybridized carbons (Fsp3) is 0.824. The summed E-state index contributed by atoms with van der Waals surface area (Å²) in [5.41, 5.74) is 0. The molecule has 1 aromatic heterocycles. The van der Waals surface area contributed by atoms with E-state index in [2.05, 4.69) is 33.8 Å². The van der Waals surface area contributed by atoms with Crippen molar-refractivity contribution in [2.45, 2.75) is 58.7 Å². The van der Waals surface area contributed by atoms with Crippen LogP contribution in [0, 0.1) is 0 Å². The van der Waals surface area contributed by atoms with E-state index in [9.17, 15) is 4.79 Å². The van der Waals surface area contributed by atoms with Gasteiger partial charge in [-0.1, -0.05) is 12.1 Å². The maximum absolute atomic E-state index is 12.7. The molecule has 0 N–H and O–H groups in total. The number of piperazine rings is 1. The van der Waals surface area contributed by atoms with Crippen molar-refractivity contribution < 1.29 is 9.32 Å². The number of hydrogen-bond acceptors (Lipinski definition) is 6. The molecule has 134 valence electrons. The quantitative estimate of drug-likeness (QED) is 0.804. The van der Waals surface area contributed by atoms with Gasteiger partial charge in [0.2, 0.25) is 11.8 Å². The lowest BCUT2D eigenvalue weighted by atomic mass is 10.0. The summed E-state index contributed by atoms with van der Waals surface area (Å²) in [6.45, 7) is 11.6. The second-order valence-electron chi connectivity index (χ2n) is 7.05. The Morgan fingerprint density at radius 1 is 1.21 bits per heavy atom. The smallest absolute Gasteiger partial charge is 0.240 e. The third kappa shape index (κ3) is 3.78. The van der Waals surface area contributed by atoms with E-state index in [1.807, 2.05) is 11.8 Å². The average molecular weight is 335 g/mol. The van der Waals surface area contributed by atoms with Gasteiger partial charge in [0.15, 0.2) is 5.82 Å². The van der Waals surface area contributed by atoms with Crippen molar-refractivity contribution in [2.75, 3.05) is 32.7 Å². The summed E-state index contributed by atoms with van der Waals surface area (Å²) in [4.78, 5) is 23.8. The SMILES string of the molecule is CCc1nc(CN2CCN(C3CCCN(C(C)C)C3=O)CC2)no1. The van der Waals surface area contributed by atoms with Crippen molar-refractivity contribution in [3.63, 3.8) is 0 Å². The molecular formula is C17H29N5O2. The van der Waals surface area contributed by atoms with Crippen LogP contribution in [0.3, 0.4) is 0 Å². The Morgan fingerprint density at radius 2 is 1.96 bits per heavy atom. The Kier molecular flexibility index (Phi) is 5.50. The van der Waals surface area contributed by atoms with E-state index in [1.54, 1.807) is 0 Å². The minimum atomic E-state index is 0.0696. The van der Waals surface area contributed by atoms with Gasteiger partial charge in [-0.3, -0.25) is 14.6 Å². The van der Waals surface area contributed by atoms with Crippen LogP contribution in [0.2, 0.25) is 0 Å². The van der Waals surface area contributed by atoms with Crippen molar-refractivity contribution in [2.24, 2.45) is 0 Å². The van der Waals surface area contributed by atoms with E-state index in [4.69, 9.17) is 4.52 Å². The molecule has 0 saturated carbocycles. The Bertz CT molecular complexity index is 551. The van der Waals surface area contributed by atoms with Crippen LogP contribution in [-0.4, -0.2) is 75.6 Å². The van der Waals surface area contributed by atoms with Gasteiger partial charge in [0.25, 0.3) is 0 Å². The lowest BCUT2D eigenvalue weighted by Crippen LogP contribution is -2.58. The monoisotopic (exact) mass is 335 g/mol. The second kappa shape index (κ2) is 7.61. The lowest BCUT2D eigenvalue weighted by Gasteiger charge is -2.43. The fourth-order valence-corrected chi connectivity index (χ4v) is 3.66. The van der Waals surface area contributed by atoms with Gasteiger partial charge >= 0.3 is 0 Å². The molecule has 2 aliphatic rings. The Balaban J connectivity index is 1.52. The van der Waals surface area contributed by atoms with Crippen LogP contribution in [-0.2, 0) is 17.8 Å². The van der Waals surface area contributed by atoms with Crippen LogP contribution < -0.4 is 0 Å². The van der Waals surface area contributed by atoms with Crippen molar-refractivity contribution in [3.8, 4) is 0 Å². The van der Waals surface area contributed by atoms with Crippen molar-refractivity contribution in [1.82, 2.24) is 24.8 Å². The molecule has 2 saturated heterocycles. The minimum absolute atomic E-state index is 0.0696. The van der Waals surface area contributed by atoms with Gasteiger partial charge in [0, 0.05) is 45.2 Å². The largest absolute Gasteiger partial charge is 0.339 e. The molecule has 2 aliphatic heterocycles. The minimum Gasteiger partial charge on any atom is -0.339 e. The molecule has 2 fully saturated rings. The number of aromatic nitrogens is 2. The summed E-state index contributed by atoms with van der Waals surface area (Å²) in [5.74, 6) is 1.78. The molecule has 7 heteroatoms. The maximum Gasteiger partial charge on any atom is 0.240 e. The first-order valence-electron chi connectivity index (χ1n) is 9.16. The van der Waals surface area contributed by atoms with E-state index < -0.39 is 0 Å².